The van der Waals surface area contributed by atoms with Gasteiger partial charge in [0.2, 0.25) is 0 Å². The minimum atomic E-state index is -0.674. The van der Waals surface area contributed by atoms with E-state index in [0.717, 1.165) is 32.4 Å². The van der Waals surface area contributed by atoms with Crippen LogP contribution in [-0.4, -0.2) is 28.6 Å². The molecule has 0 aliphatic carbocycles. The van der Waals surface area contributed by atoms with Crippen molar-refractivity contribution in [2.45, 2.75) is 45.7 Å². The maximum absolute atomic E-state index is 11.5. The minimum Gasteiger partial charge on any atom is -0.480 e. The smallest absolute Gasteiger partial charge is 0.320 e. The second kappa shape index (κ2) is 6.20. The molecule has 0 saturated carbocycles. The zero-order valence-corrected chi connectivity index (χ0v) is 11.8. The summed E-state index contributed by atoms with van der Waals surface area (Å²) >= 11 is 0. The molecule has 0 spiro atoms. The Hall–Kier alpha value is -1.35. The molecule has 2 atom stereocenters. The molecule has 0 aromatic heterocycles. The third-order valence-corrected chi connectivity index (χ3v) is 4.32. The predicted molar refractivity (Wildman–Crippen MR) is 76.0 cm³/mol. The molecule has 3 heteroatoms. The molecule has 19 heavy (non-hydrogen) atoms. The summed E-state index contributed by atoms with van der Waals surface area (Å²) in [6, 6.07) is 7.91. The van der Waals surface area contributed by atoms with E-state index >= 15 is 0 Å². The van der Waals surface area contributed by atoms with Crippen LogP contribution in [0.2, 0.25) is 0 Å². The van der Waals surface area contributed by atoms with Gasteiger partial charge in [-0.2, -0.15) is 0 Å². The molecule has 0 amide bonds. The normalized spacial score (nSPS) is 24.3. The van der Waals surface area contributed by atoms with Crippen molar-refractivity contribution in [3.63, 3.8) is 0 Å². The van der Waals surface area contributed by atoms with Crippen LogP contribution in [0.1, 0.15) is 37.3 Å². The van der Waals surface area contributed by atoms with Gasteiger partial charge in [0.15, 0.2) is 0 Å². The van der Waals surface area contributed by atoms with Gasteiger partial charge in [0.05, 0.1) is 0 Å². The Kier molecular flexibility index (Phi) is 4.59. The molecule has 1 N–H and O–H groups in total. The number of rotatable bonds is 4. The van der Waals surface area contributed by atoms with Crippen molar-refractivity contribution in [3.8, 4) is 0 Å². The fraction of sp³-hybridized carbons (Fsp3) is 0.562. The number of carboxylic acid groups (broad SMARTS) is 1. The SMILES string of the molecule is CCC1CCN(Cc2ccccc2C)C(C(=O)O)C1. The third kappa shape index (κ3) is 3.35. The number of carboxylic acids is 1. The summed E-state index contributed by atoms with van der Waals surface area (Å²) in [4.78, 5) is 13.6. The number of carbonyl (C=O) groups is 1. The average Bonchev–Trinajstić information content (AvgIpc) is 2.41. The van der Waals surface area contributed by atoms with Crippen LogP contribution in [0.3, 0.4) is 0 Å². The summed E-state index contributed by atoms with van der Waals surface area (Å²) in [5.74, 6) is -0.110. The molecule has 104 valence electrons. The molecule has 1 fully saturated rings. The van der Waals surface area contributed by atoms with Crippen molar-refractivity contribution >= 4 is 5.97 Å². The summed E-state index contributed by atoms with van der Waals surface area (Å²) < 4.78 is 0. The molecule has 1 aliphatic rings. The largest absolute Gasteiger partial charge is 0.480 e. The highest BCUT2D eigenvalue weighted by molar-refractivity contribution is 5.73. The molecule has 1 aromatic carbocycles. The lowest BCUT2D eigenvalue weighted by Crippen LogP contribution is -2.46. The maximum Gasteiger partial charge on any atom is 0.320 e. The zero-order valence-electron chi connectivity index (χ0n) is 11.8. The summed E-state index contributed by atoms with van der Waals surface area (Å²) in [5, 5.41) is 9.43. The van der Waals surface area contributed by atoms with Crippen LogP contribution < -0.4 is 0 Å². The minimum absolute atomic E-state index is 0.321. The highest BCUT2D eigenvalue weighted by atomic mass is 16.4. The molecule has 2 unspecified atom stereocenters. The van der Waals surface area contributed by atoms with E-state index in [0.29, 0.717) is 5.92 Å². The number of aryl methyl sites for hydroxylation is 1. The molecular weight excluding hydrogens is 238 g/mol. The van der Waals surface area contributed by atoms with Crippen LogP contribution in [0, 0.1) is 12.8 Å². The van der Waals surface area contributed by atoms with Gasteiger partial charge in [-0.05, 0) is 43.4 Å². The molecule has 1 aromatic rings. The van der Waals surface area contributed by atoms with Crippen LogP contribution in [-0.2, 0) is 11.3 Å². The summed E-state index contributed by atoms with van der Waals surface area (Å²) in [7, 11) is 0. The average molecular weight is 261 g/mol. The summed E-state index contributed by atoms with van der Waals surface area (Å²) in [6.45, 7) is 5.88. The molecule has 2 rings (SSSR count). The fourth-order valence-electron chi connectivity index (χ4n) is 2.91. The van der Waals surface area contributed by atoms with Crippen LogP contribution >= 0.6 is 0 Å². The Balaban J connectivity index is 2.10. The number of benzene rings is 1. The van der Waals surface area contributed by atoms with Crippen molar-refractivity contribution in [1.82, 2.24) is 4.90 Å². The highest BCUT2D eigenvalue weighted by Crippen LogP contribution is 2.27. The molecule has 1 heterocycles. The monoisotopic (exact) mass is 261 g/mol. The van der Waals surface area contributed by atoms with Crippen LogP contribution in [0.25, 0.3) is 0 Å². The van der Waals surface area contributed by atoms with E-state index in [2.05, 4.69) is 30.9 Å². The summed E-state index contributed by atoms with van der Waals surface area (Å²) in [5.41, 5.74) is 2.48. The maximum atomic E-state index is 11.5. The van der Waals surface area contributed by atoms with Crippen LogP contribution in [0.4, 0.5) is 0 Å². The molecular formula is C16H23NO2. The second-order valence-electron chi connectivity index (χ2n) is 5.55. The van der Waals surface area contributed by atoms with Gasteiger partial charge in [0.25, 0.3) is 0 Å². The fourth-order valence-corrected chi connectivity index (χ4v) is 2.91. The van der Waals surface area contributed by atoms with Gasteiger partial charge in [-0.3, -0.25) is 9.69 Å². The van der Waals surface area contributed by atoms with Gasteiger partial charge in [-0.1, -0.05) is 37.6 Å². The first-order chi connectivity index (χ1) is 9.11. The Morgan fingerprint density at radius 1 is 1.42 bits per heavy atom. The lowest BCUT2D eigenvalue weighted by Gasteiger charge is -2.37. The first kappa shape index (κ1) is 14.1. The Labute approximate surface area is 115 Å². The molecule has 1 aliphatic heterocycles. The quantitative estimate of drug-likeness (QED) is 0.905. The van der Waals surface area contributed by atoms with Crippen molar-refractivity contribution in [2.24, 2.45) is 5.92 Å². The number of likely N-dealkylation sites (tertiary alicyclic amines) is 1. The van der Waals surface area contributed by atoms with Gasteiger partial charge >= 0.3 is 5.97 Å². The van der Waals surface area contributed by atoms with Gasteiger partial charge in [-0.25, -0.2) is 0 Å². The van der Waals surface area contributed by atoms with E-state index in [9.17, 15) is 9.90 Å². The van der Waals surface area contributed by atoms with E-state index in [1.165, 1.54) is 11.1 Å². The number of piperidine rings is 1. The predicted octanol–water partition coefficient (Wildman–Crippen LogP) is 3.07. The van der Waals surface area contributed by atoms with E-state index < -0.39 is 5.97 Å². The Morgan fingerprint density at radius 2 is 2.16 bits per heavy atom. The molecule has 3 nitrogen and oxygen atoms in total. The molecule has 0 radical (unpaired) electrons. The number of hydrogen-bond donors (Lipinski definition) is 1. The lowest BCUT2D eigenvalue weighted by molar-refractivity contribution is -0.145. The Morgan fingerprint density at radius 3 is 2.79 bits per heavy atom. The number of nitrogens with zero attached hydrogens (tertiary/aromatic N) is 1. The van der Waals surface area contributed by atoms with E-state index in [4.69, 9.17) is 0 Å². The van der Waals surface area contributed by atoms with Gasteiger partial charge in [0.1, 0.15) is 6.04 Å². The van der Waals surface area contributed by atoms with Crippen molar-refractivity contribution in [2.75, 3.05) is 6.54 Å². The highest BCUT2D eigenvalue weighted by Gasteiger charge is 2.32. The van der Waals surface area contributed by atoms with Crippen LogP contribution in [0.15, 0.2) is 24.3 Å². The van der Waals surface area contributed by atoms with E-state index in [1.807, 2.05) is 12.1 Å². The Bertz CT molecular complexity index is 444. The number of aliphatic carboxylic acids is 1. The standard InChI is InChI=1S/C16H23NO2/c1-3-13-8-9-17(15(10-13)16(18)19)11-14-7-5-4-6-12(14)2/h4-7,13,15H,3,8-11H2,1-2H3,(H,18,19). The number of hydrogen-bond acceptors (Lipinski definition) is 2. The first-order valence-electron chi connectivity index (χ1n) is 7.13. The van der Waals surface area contributed by atoms with E-state index in [1.54, 1.807) is 0 Å². The summed E-state index contributed by atoms with van der Waals surface area (Å²) in [6.07, 6.45) is 2.99. The van der Waals surface area contributed by atoms with E-state index in [-0.39, 0.29) is 6.04 Å². The van der Waals surface area contributed by atoms with Gasteiger partial charge < -0.3 is 5.11 Å². The second-order valence-corrected chi connectivity index (χ2v) is 5.55. The first-order valence-corrected chi connectivity index (χ1v) is 7.13. The van der Waals surface area contributed by atoms with Crippen molar-refractivity contribution in [3.05, 3.63) is 35.4 Å². The van der Waals surface area contributed by atoms with Gasteiger partial charge in [0, 0.05) is 6.54 Å². The van der Waals surface area contributed by atoms with Crippen LogP contribution in [0.5, 0.6) is 0 Å². The third-order valence-electron chi connectivity index (χ3n) is 4.32. The molecule has 0 bridgehead atoms. The van der Waals surface area contributed by atoms with Gasteiger partial charge in [-0.15, -0.1) is 0 Å². The molecule has 1 saturated heterocycles. The van der Waals surface area contributed by atoms with Crippen molar-refractivity contribution in [1.29, 1.82) is 0 Å². The zero-order chi connectivity index (χ0) is 13.8. The lowest BCUT2D eigenvalue weighted by atomic mass is 9.88. The van der Waals surface area contributed by atoms with Crippen molar-refractivity contribution < 1.29 is 9.90 Å². The topological polar surface area (TPSA) is 40.5 Å².